The zero-order valence-corrected chi connectivity index (χ0v) is 10.4. The third kappa shape index (κ3) is 1.93. The summed E-state index contributed by atoms with van der Waals surface area (Å²) in [5.74, 6) is -0.120. The monoisotopic (exact) mass is 272 g/mol. The summed E-state index contributed by atoms with van der Waals surface area (Å²) in [6.07, 6.45) is -0.905. The van der Waals surface area contributed by atoms with Gasteiger partial charge in [0.05, 0.1) is 0 Å². The van der Waals surface area contributed by atoms with Gasteiger partial charge < -0.3 is 20.1 Å². The molecule has 5 heteroatoms. The molecular weight excluding hydrogens is 260 g/mol. The Morgan fingerprint density at radius 2 is 1.85 bits per heavy atom. The maximum absolute atomic E-state index is 12.1. The number of benzene rings is 2. The summed E-state index contributed by atoms with van der Waals surface area (Å²) in [6, 6.07) is 8.76. The van der Waals surface area contributed by atoms with Gasteiger partial charge in [-0.05, 0) is 24.3 Å². The van der Waals surface area contributed by atoms with Crippen molar-refractivity contribution in [3.05, 3.63) is 47.5 Å². The number of phenols is 3. The molecule has 0 saturated heterocycles. The van der Waals surface area contributed by atoms with Gasteiger partial charge in [0.25, 0.3) is 0 Å². The van der Waals surface area contributed by atoms with Crippen LogP contribution in [-0.4, -0.2) is 21.1 Å². The Labute approximate surface area is 114 Å². The number of hydrogen-bond donors (Lipinski definition) is 3. The molecule has 5 nitrogen and oxygen atoms in total. The lowest BCUT2D eigenvalue weighted by Gasteiger charge is -2.26. The largest absolute Gasteiger partial charge is 0.508 e. The number of carbonyl (C=O) groups is 1. The molecule has 1 aliphatic heterocycles. The van der Waals surface area contributed by atoms with Crippen LogP contribution >= 0.6 is 0 Å². The molecule has 1 atom stereocenters. The normalized spacial score (nSPS) is 17.4. The smallest absolute Gasteiger partial charge is 0.186 e. The molecule has 0 aliphatic carbocycles. The van der Waals surface area contributed by atoms with Crippen molar-refractivity contribution < 1.29 is 24.9 Å². The zero-order chi connectivity index (χ0) is 14.3. The van der Waals surface area contributed by atoms with Gasteiger partial charge in [-0.2, -0.15) is 0 Å². The van der Waals surface area contributed by atoms with Crippen molar-refractivity contribution in [2.75, 3.05) is 0 Å². The van der Waals surface area contributed by atoms with Crippen molar-refractivity contribution in [3.8, 4) is 23.0 Å². The minimum Gasteiger partial charge on any atom is -0.508 e. The Balaban J connectivity index is 2.02. The highest BCUT2D eigenvalue weighted by atomic mass is 16.5. The Bertz CT molecular complexity index is 693. The van der Waals surface area contributed by atoms with Crippen LogP contribution in [0.5, 0.6) is 23.0 Å². The van der Waals surface area contributed by atoms with E-state index in [2.05, 4.69) is 0 Å². The van der Waals surface area contributed by atoms with E-state index in [1.54, 1.807) is 12.1 Å². The van der Waals surface area contributed by atoms with Crippen LogP contribution in [0.15, 0.2) is 36.4 Å². The van der Waals surface area contributed by atoms with Crippen molar-refractivity contribution in [1.82, 2.24) is 0 Å². The van der Waals surface area contributed by atoms with Crippen LogP contribution in [-0.2, 0) is 11.2 Å². The van der Waals surface area contributed by atoms with Crippen molar-refractivity contribution in [1.29, 1.82) is 0 Å². The number of hydrogen-bond acceptors (Lipinski definition) is 5. The number of fused-ring (bicyclic) bond motifs is 1. The molecule has 0 radical (unpaired) electrons. The highest BCUT2D eigenvalue weighted by Crippen LogP contribution is 2.39. The highest BCUT2D eigenvalue weighted by Gasteiger charge is 2.32. The minimum atomic E-state index is -0.940. The predicted molar refractivity (Wildman–Crippen MR) is 70.0 cm³/mol. The molecule has 0 aromatic heterocycles. The Morgan fingerprint density at radius 1 is 1.05 bits per heavy atom. The fourth-order valence-corrected chi connectivity index (χ4v) is 2.29. The van der Waals surface area contributed by atoms with E-state index in [4.69, 9.17) is 4.74 Å². The van der Waals surface area contributed by atoms with Crippen molar-refractivity contribution >= 4 is 5.78 Å². The number of Topliss-reactive ketones (excluding diaryl/α,β-unsaturated/α-hetero) is 1. The maximum atomic E-state index is 12.1. The molecule has 0 amide bonds. The summed E-state index contributed by atoms with van der Waals surface area (Å²) >= 11 is 0. The first kappa shape index (κ1) is 12.3. The van der Waals surface area contributed by atoms with Gasteiger partial charge in [0, 0.05) is 23.6 Å². The van der Waals surface area contributed by atoms with Gasteiger partial charge in [-0.25, -0.2) is 0 Å². The lowest BCUT2D eigenvalue weighted by atomic mass is 9.95. The third-order valence-electron chi connectivity index (χ3n) is 3.29. The number of carbonyl (C=O) groups excluding carboxylic acids is 1. The van der Waals surface area contributed by atoms with Crippen molar-refractivity contribution in [2.45, 2.75) is 12.5 Å². The molecule has 1 unspecified atom stereocenters. The average molecular weight is 272 g/mol. The topological polar surface area (TPSA) is 87.0 Å². The summed E-state index contributed by atoms with van der Waals surface area (Å²) in [7, 11) is 0. The van der Waals surface area contributed by atoms with Gasteiger partial charge in [-0.1, -0.05) is 6.07 Å². The highest BCUT2D eigenvalue weighted by molar-refractivity contribution is 5.90. The molecule has 3 rings (SSSR count). The molecule has 102 valence electrons. The van der Waals surface area contributed by atoms with Crippen LogP contribution in [0.4, 0.5) is 0 Å². The molecule has 0 fully saturated rings. The molecular formula is C15H12O5. The van der Waals surface area contributed by atoms with Crippen molar-refractivity contribution in [3.63, 3.8) is 0 Å². The second-order valence-electron chi connectivity index (χ2n) is 4.64. The SMILES string of the molecule is O=C1Cc2c(O)cccc2OC1c1ccc(O)cc1O. The first-order valence-electron chi connectivity index (χ1n) is 6.08. The molecule has 0 bridgehead atoms. The molecule has 0 saturated carbocycles. The van der Waals surface area contributed by atoms with E-state index in [1.165, 1.54) is 18.2 Å². The Hall–Kier alpha value is -2.69. The van der Waals surface area contributed by atoms with E-state index < -0.39 is 6.10 Å². The summed E-state index contributed by atoms with van der Waals surface area (Å²) in [5.41, 5.74) is 0.744. The number of ketones is 1. The van der Waals surface area contributed by atoms with Crippen LogP contribution in [0.1, 0.15) is 17.2 Å². The lowest BCUT2D eigenvalue weighted by molar-refractivity contribution is -0.126. The molecule has 0 spiro atoms. The summed E-state index contributed by atoms with van der Waals surface area (Å²) < 4.78 is 5.58. The minimum absolute atomic E-state index is 0.0178. The molecule has 2 aromatic carbocycles. The first-order chi connectivity index (χ1) is 9.56. The Kier molecular flexibility index (Phi) is 2.75. The molecule has 2 aromatic rings. The number of phenolic OH excluding ortho intramolecular Hbond substituents is 3. The fourth-order valence-electron chi connectivity index (χ4n) is 2.29. The zero-order valence-electron chi connectivity index (χ0n) is 10.4. The molecule has 1 aliphatic rings. The molecule has 3 N–H and O–H groups in total. The van der Waals surface area contributed by atoms with Gasteiger partial charge in [0.2, 0.25) is 0 Å². The lowest BCUT2D eigenvalue weighted by Crippen LogP contribution is -2.25. The maximum Gasteiger partial charge on any atom is 0.186 e. The van der Waals surface area contributed by atoms with E-state index in [0.29, 0.717) is 16.9 Å². The molecule has 1 heterocycles. The van der Waals surface area contributed by atoms with Crippen LogP contribution in [0, 0.1) is 0 Å². The number of rotatable bonds is 1. The quantitative estimate of drug-likeness (QED) is 0.739. The van der Waals surface area contributed by atoms with Crippen LogP contribution < -0.4 is 4.74 Å². The van der Waals surface area contributed by atoms with Gasteiger partial charge >= 0.3 is 0 Å². The second kappa shape index (κ2) is 4.45. The predicted octanol–water partition coefficient (Wildman–Crippen LogP) is 2.05. The molecule has 20 heavy (non-hydrogen) atoms. The number of aromatic hydroxyl groups is 3. The van der Waals surface area contributed by atoms with E-state index in [1.807, 2.05) is 0 Å². The van der Waals surface area contributed by atoms with Gasteiger partial charge in [-0.3, -0.25) is 4.79 Å². The summed E-state index contributed by atoms with van der Waals surface area (Å²) in [5, 5.41) is 28.8. The summed E-state index contributed by atoms with van der Waals surface area (Å²) in [6.45, 7) is 0. The van der Waals surface area contributed by atoms with E-state index in [0.717, 1.165) is 6.07 Å². The van der Waals surface area contributed by atoms with Crippen LogP contribution in [0.2, 0.25) is 0 Å². The second-order valence-corrected chi connectivity index (χ2v) is 4.64. The average Bonchev–Trinajstić information content (AvgIpc) is 2.40. The number of ether oxygens (including phenoxy) is 1. The van der Waals surface area contributed by atoms with Crippen molar-refractivity contribution in [2.24, 2.45) is 0 Å². The fraction of sp³-hybridized carbons (Fsp3) is 0.133. The summed E-state index contributed by atoms with van der Waals surface area (Å²) in [4.78, 5) is 12.1. The Morgan fingerprint density at radius 3 is 2.60 bits per heavy atom. The van der Waals surface area contributed by atoms with E-state index in [-0.39, 0.29) is 29.5 Å². The third-order valence-corrected chi connectivity index (χ3v) is 3.29. The van der Waals surface area contributed by atoms with Gasteiger partial charge in [0.1, 0.15) is 23.0 Å². The van der Waals surface area contributed by atoms with Gasteiger partial charge in [0.15, 0.2) is 11.9 Å². The van der Waals surface area contributed by atoms with E-state index >= 15 is 0 Å². The standard InChI is InChI=1S/C15H12O5/c16-8-4-5-9(12(18)6-8)15-13(19)7-10-11(17)2-1-3-14(10)20-15/h1-6,15-18H,7H2. The first-order valence-corrected chi connectivity index (χ1v) is 6.08. The van der Waals surface area contributed by atoms with Crippen LogP contribution in [0.3, 0.4) is 0 Å². The van der Waals surface area contributed by atoms with Gasteiger partial charge in [-0.15, -0.1) is 0 Å². The van der Waals surface area contributed by atoms with E-state index in [9.17, 15) is 20.1 Å². The van der Waals surface area contributed by atoms with Crippen LogP contribution in [0.25, 0.3) is 0 Å².